The standard InChI is InChI=1S/C34H41ClN2O3/c1-34(2,3)27-18-20-29(21-19-27)40-24-32(38)37(23-26-14-10-11-17-30(26)35)31(22-25-12-6-4-7-13-25)33(39)36-28-15-8-5-9-16-28/h4,6-7,10-14,17-21,28,31H,5,8-9,15-16,22-24H2,1-3H3,(H,36,39). The molecule has 2 amide bonds. The van der Waals surface area contributed by atoms with Crippen LogP contribution in [0.15, 0.2) is 78.9 Å². The van der Waals surface area contributed by atoms with Crippen LogP contribution in [0, 0.1) is 0 Å². The van der Waals surface area contributed by atoms with E-state index in [1.165, 1.54) is 12.0 Å². The van der Waals surface area contributed by atoms with Gasteiger partial charge < -0.3 is 15.0 Å². The van der Waals surface area contributed by atoms with Crippen LogP contribution < -0.4 is 10.1 Å². The van der Waals surface area contributed by atoms with Crippen LogP contribution in [0.4, 0.5) is 0 Å². The summed E-state index contributed by atoms with van der Waals surface area (Å²) in [6.07, 6.45) is 5.75. The molecule has 0 heterocycles. The average Bonchev–Trinajstić information content (AvgIpc) is 2.95. The first-order valence-electron chi connectivity index (χ1n) is 14.3. The van der Waals surface area contributed by atoms with E-state index in [1.54, 1.807) is 11.0 Å². The van der Waals surface area contributed by atoms with Crippen molar-refractivity contribution in [3.05, 3.63) is 101 Å². The normalized spacial score (nSPS) is 14.8. The zero-order valence-corrected chi connectivity index (χ0v) is 24.6. The van der Waals surface area contributed by atoms with Crippen LogP contribution in [-0.4, -0.2) is 35.4 Å². The van der Waals surface area contributed by atoms with E-state index in [2.05, 4.69) is 26.1 Å². The van der Waals surface area contributed by atoms with Crippen LogP contribution in [0.1, 0.15) is 69.6 Å². The first-order valence-corrected chi connectivity index (χ1v) is 14.7. The number of hydrogen-bond acceptors (Lipinski definition) is 3. The Morgan fingerprint density at radius 2 is 1.57 bits per heavy atom. The molecular weight excluding hydrogens is 520 g/mol. The van der Waals surface area contributed by atoms with E-state index < -0.39 is 6.04 Å². The highest BCUT2D eigenvalue weighted by Gasteiger charge is 2.32. The molecule has 0 saturated heterocycles. The van der Waals surface area contributed by atoms with Gasteiger partial charge in [0.1, 0.15) is 11.8 Å². The smallest absolute Gasteiger partial charge is 0.261 e. The molecule has 1 N–H and O–H groups in total. The van der Waals surface area contributed by atoms with Crippen LogP contribution >= 0.6 is 11.6 Å². The van der Waals surface area contributed by atoms with Gasteiger partial charge in [-0.3, -0.25) is 9.59 Å². The summed E-state index contributed by atoms with van der Waals surface area (Å²) in [6, 6.07) is 24.6. The Kier molecular flexibility index (Phi) is 10.3. The lowest BCUT2D eigenvalue weighted by Gasteiger charge is -2.33. The third-order valence-electron chi connectivity index (χ3n) is 7.60. The number of ether oxygens (including phenoxy) is 1. The van der Waals surface area contributed by atoms with E-state index in [0.717, 1.165) is 36.8 Å². The van der Waals surface area contributed by atoms with Gasteiger partial charge in [0.2, 0.25) is 5.91 Å². The molecule has 0 spiro atoms. The summed E-state index contributed by atoms with van der Waals surface area (Å²) in [5.41, 5.74) is 2.99. The molecule has 4 rings (SSSR count). The third-order valence-corrected chi connectivity index (χ3v) is 7.97. The molecule has 1 aliphatic carbocycles. The number of rotatable bonds is 10. The second-order valence-corrected chi connectivity index (χ2v) is 12.1. The predicted molar refractivity (Wildman–Crippen MR) is 162 cm³/mol. The Morgan fingerprint density at radius 3 is 2.23 bits per heavy atom. The molecule has 1 atom stereocenters. The fourth-order valence-corrected chi connectivity index (χ4v) is 5.38. The molecule has 0 bridgehead atoms. The molecule has 40 heavy (non-hydrogen) atoms. The Balaban J connectivity index is 1.59. The Bertz CT molecular complexity index is 1250. The summed E-state index contributed by atoms with van der Waals surface area (Å²) in [5, 5.41) is 3.82. The maximum absolute atomic E-state index is 13.9. The minimum atomic E-state index is -0.708. The van der Waals surface area contributed by atoms with E-state index in [9.17, 15) is 9.59 Å². The van der Waals surface area contributed by atoms with Crippen LogP contribution in [0.3, 0.4) is 0 Å². The predicted octanol–water partition coefficient (Wildman–Crippen LogP) is 7.11. The summed E-state index contributed by atoms with van der Waals surface area (Å²) in [5.74, 6) is 0.218. The molecule has 1 saturated carbocycles. The molecule has 3 aromatic rings. The topological polar surface area (TPSA) is 58.6 Å². The highest BCUT2D eigenvalue weighted by atomic mass is 35.5. The van der Waals surface area contributed by atoms with Crippen LogP contribution in [0.25, 0.3) is 0 Å². The zero-order valence-electron chi connectivity index (χ0n) is 23.9. The monoisotopic (exact) mass is 560 g/mol. The molecule has 0 radical (unpaired) electrons. The average molecular weight is 561 g/mol. The number of halogens is 1. The fraction of sp³-hybridized carbons (Fsp3) is 0.412. The Hall–Kier alpha value is -3.31. The lowest BCUT2D eigenvalue weighted by Crippen LogP contribution is -2.53. The largest absolute Gasteiger partial charge is 0.484 e. The quantitative estimate of drug-likeness (QED) is 0.287. The van der Waals surface area contributed by atoms with Gasteiger partial charge in [-0.2, -0.15) is 0 Å². The molecule has 3 aromatic carbocycles. The van der Waals surface area contributed by atoms with Gasteiger partial charge in [-0.05, 0) is 53.1 Å². The summed E-state index contributed by atoms with van der Waals surface area (Å²) in [6.45, 7) is 6.50. The van der Waals surface area contributed by atoms with Crippen molar-refractivity contribution >= 4 is 23.4 Å². The van der Waals surface area contributed by atoms with Crippen molar-refractivity contribution in [2.75, 3.05) is 6.61 Å². The number of hydrogen-bond donors (Lipinski definition) is 1. The summed E-state index contributed by atoms with van der Waals surface area (Å²) in [7, 11) is 0. The number of nitrogens with zero attached hydrogens (tertiary/aromatic N) is 1. The number of benzene rings is 3. The lowest BCUT2D eigenvalue weighted by atomic mass is 9.87. The van der Waals surface area contributed by atoms with Gasteiger partial charge in [-0.1, -0.05) is 112 Å². The molecule has 6 heteroatoms. The summed E-state index contributed by atoms with van der Waals surface area (Å²) >= 11 is 6.53. The first-order chi connectivity index (χ1) is 19.2. The van der Waals surface area contributed by atoms with Crippen molar-refractivity contribution in [1.29, 1.82) is 0 Å². The first kappa shape index (κ1) is 29.7. The second-order valence-electron chi connectivity index (χ2n) is 11.7. The minimum Gasteiger partial charge on any atom is -0.484 e. The molecule has 212 valence electrons. The van der Waals surface area contributed by atoms with Crippen molar-refractivity contribution in [2.45, 2.75) is 83.3 Å². The summed E-state index contributed by atoms with van der Waals surface area (Å²) < 4.78 is 5.96. The van der Waals surface area contributed by atoms with E-state index in [1.807, 2.05) is 72.8 Å². The van der Waals surface area contributed by atoms with Crippen molar-refractivity contribution < 1.29 is 14.3 Å². The zero-order chi connectivity index (χ0) is 28.5. The molecule has 0 aliphatic heterocycles. The highest BCUT2D eigenvalue weighted by Crippen LogP contribution is 2.25. The van der Waals surface area contributed by atoms with Gasteiger partial charge in [-0.25, -0.2) is 0 Å². The SMILES string of the molecule is CC(C)(C)c1ccc(OCC(=O)N(Cc2ccccc2Cl)C(Cc2ccccc2)C(=O)NC2CCCCC2)cc1. The van der Waals surface area contributed by atoms with Crippen molar-refractivity contribution in [2.24, 2.45) is 0 Å². The Morgan fingerprint density at radius 1 is 0.925 bits per heavy atom. The molecule has 1 fully saturated rings. The van der Waals surface area contributed by atoms with Crippen LogP contribution in [0.2, 0.25) is 5.02 Å². The maximum atomic E-state index is 13.9. The summed E-state index contributed by atoms with van der Waals surface area (Å²) in [4.78, 5) is 29.4. The molecule has 1 aliphatic rings. The number of carbonyl (C=O) groups is 2. The van der Waals surface area contributed by atoms with Crippen molar-refractivity contribution in [3.8, 4) is 5.75 Å². The van der Waals surface area contributed by atoms with E-state index in [-0.39, 0.29) is 36.4 Å². The van der Waals surface area contributed by atoms with Crippen molar-refractivity contribution in [1.82, 2.24) is 10.2 Å². The molecule has 0 aromatic heterocycles. The van der Waals surface area contributed by atoms with Gasteiger partial charge in [0.15, 0.2) is 6.61 Å². The van der Waals surface area contributed by atoms with Gasteiger partial charge in [0, 0.05) is 24.0 Å². The third kappa shape index (κ3) is 8.34. The minimum absolute atomic E-state index is 0.0243. The van der Waals surface area contributed by atoms with Crippen LogP contribution in [-0.2, 0) is 28.0 Å². The molecular formula is C34H41ClN2O3. The Labute approximate surface area is 243 Å². The maximum Gasteiger partial charge on any atom is 0.261 e. The highest BCUT2D eigenvalue weighted by molar-refractivity contribution is 6.31. The van der Waals surface area contributed by atoms with Gasteiger partial charge >= 0.3 is 0 Å². The van der Waals surface area contributed by atoms with Crippen molar-refractivity contribution in [3.63, 3.8) is 0 Å². The van der Waals surface area contributed by atoms with E-state index in [0.29, 0.717) is 17.2 Å². The molecule has 1 unspecified atom stereocenters. The van der Waals surface area contributed by atoms with Crippen LogP contribution in [0.5, 0.6) is 5.75 Å². The van der Waals surface area contributed by atoms with Gasteiger partial charge in [-0.15, -0.1) is 0 Å². The lowest BCUT2D eigenvalue weighted by molar-refractivity contribution is -0.143. The fourth-order valence-electron chi connectivity index (χ4n) is 5.19. The van der Waals surface area contributed by atoms with E-state index >= 15 is 0 Å². The van der Waals surface area contributed by atoms with Gasteiger partial charge in [0.25, 0.3) is 5.91 Å². The molecule has 5 nitrogen and oxygen atoms in total. The van der Waals surface area contributed by atoms with Gasteiger partial charge in [0.05, 0.1) is 0 Å². The number of carbonyl (C=O) groups excluding carboxylic acids is 2. The number of nitrogens with one attached hydrogen (secondary N) is 1. The number of amides is 2. The second kappa shape index (κ2) is 13.8. The van der Waals surface area contributed by atoms with E-state index in [4.69, 9.17) is 16.3 Å².